The maximum absolute atomic E-state index is 11.4. The van der Waals surface area contributed by atoms with Gasteiger partial charge in [0, 0.05) is 39.6 Å². The molecule has 1 fully saturated rings. The summed E-state index contributed by atoms with van der Waals surface area (Å²) < 4.78 is 0. The maximum Gasteiger partial charge on any atom is 0.223 e. The lowest BCUT2D eigenvalue weighted by atomic mass is 10.1. The van der Waals surface area contributed by atoms with Crippen LogP contribution in [0, 0.1) is 5.92 Å². The molecule has 0 aromatic carbocycles. The molecule has 4 heteroatoms. The van der Waals surface area contributed by atoms with E-state index >= 15 is 0 Å². The van der Waals surface area contributed by atoms with Crippen molar-refractivity contribution >= 4 is 5.91 Å². The van der Waals surface area contributed by atoms with Crippen LogP contribution in [0.5, 0.6) is 0 Å². The quantitative estimate of drug-likeness (QED) is 0.682. The number of nitrogens with two attached hydrogens (primary N) is 1. The van der Waals surface area contributed by atoms with Crippen LogP contribution in [0.1, 0.15) is 19.3 Å². The SMILES string of the molecule is CN(C)C(=O)CCN(C)C(CN)C1CC1. The molecule has 1 amide bonds. The van der Waals surface area contributed by atoms with Crippen molar-refractivity contribution in [2.45, 2.75) is 25.3 Å². The maximum atomic E-state index is 11.4. The first-order chi connectivity index (χ1) is 7.06. The topological polar surface area (TPSA) is 49.6 Å². The van der Waals surface area contributed by atoms with E-state index in [4.69, 9.17) is 5.73 Å². The molecule has 1 rings (SSSR count). The second kappa shape index (κ2) is 5.47. The number of hydrogen-bond acceptors (Lipinski definition) is 3. The summed E-state index contributed by atoms with van der Waals surface area (Å²) >= 11 is 0. The van der Waals surface area contributed by atoms with Gasteiger partial charge in [-0.1, -0.05) is 0 Å². The highest BCUT2D eigenvalue weighted by Gasteiger charge is 2.32. The lowest BCUT2D eigenvalue weighted by molar-refractivity contribution is -0.129. The smallest absolute Gasteiger partial charge is 0.223 e. The first-order valence-corrected chi connectivity index (χ1v) is 5.66. The number of nitrogens with zero attached hydrogens (tertiary/aromatic N) is 2. The van der Waals surface area contributed by atoms with E-state index in [2.05, 4.69) is 11.9 Å². The number of carbonyl (C=O) groups excluding carboxylic acids is 1. The predicted octanol–water partition coefficient (Wildman–Crippen LogP) is 0.134. The summed E-state index contributed by atoms with van der Waals surface area (Å²) in [6.07, 6.45) is 3.19. The Morgan fingerprint density at radius 1 is 1.40 bits per heavy atom. The van der Waals surface area contributed by atoms with Crippen LogP contribution in [0.4, 0.5) is 0 Å². The van der Waals surface area contributed by atoms with E-state index in [1.807, 2.05) is 0 Å². The van der Waals surface area contributed by atoms with Crippen LogP contribution >= 0.6 is 0 Å². The van der Waals surface area contributed by atoms with Gasteiger partial charge >= 0.3 is 0 Å². The number of rotatable bonds is 6. The van der Waals surface area contributed by atoms with Gasteiger partial charge in [0.05, 0.1) is 0 Å². The van der Waals surface area contributed by atoms with E-state index in [-0.39, 0.29) is 5.91 Å². The first-order valence-electron chi connectivity index (χ1n) is 5.66. The fourth-order valence-corrected chi connectivity index (χ4v) is 1.87. The van der Waals surface area contributed by atoms with Crippen LogP contribution in [0.15, 0.2) is 0 Å². The highest BCUT2D eigenvalue weighted by molar-refractivity contribution is 5.75. The highest BCUT2D eigenvalue weighted by atomic mass is 16.2. The van der Waals surface area contributed by atoms with Crippen LogP contribution in [-0.2, 0) is 4.79 Å². The summed E-state index contributed by atoms with van der Waals surface area (Å²) in [6, 6.07) is 0.472. The van der Waals surface area contributed by atoms with Crippen molar-refractivity contribution in [1.29, 1.82) is 0 Å². The third kappa shape index (κ3) is 3.80. The van der Waals surface area contributed by atoms with Crippen LogP contribution in [0.3, 0.4) is 0 Å². The average Bonchev–Trinajstić information content (AvgIpc) is 2.99. The third-order valence-corrected chi connectivity index (χ3v) is 3.15. The Labute approximate surface area is 92.4 Å². The van der Waals surface area contributed by atoms with Gasteiger partial charge in [-0.2, -0.15) is 0 Å². The molecule has 0 heterocycles. The lowest BCUT2D eigenvalue weighted by Crippen LogP contribution is -2.41. The summed E-state index contributed by atoms with van der Waals surface area (Å²) in [5, 5.41) is 0. The Morgan fingerprint density at radius 2 is 2.00 bits per heavy atom. The standard InChI is InChI=1S/C11H23N3O/c1-13(2)11(15)6-7-14(3)10(8-12)9-4-5-9/h9-10H,4-8,12H2,1-3H3. The van der Waals surface area contributed by atoms with Crippen molar-refractivity contribution in [2.24, 2.45) is 11.7 Å². The van der Waals surface area contributed by atoms with Gasteiger partial charge in [0.25, 0.3) is 0 Å². The zero-order valence-electron chi connectivity index (χ0n) is 10.1. The molecule has 1 aliphatic rings. The van der Waals surface area contributed by atoms with Crippen LogP contribution < -0.4 is 5.73 Å². The van der Waals surface area contributed by atoms with Gasteiger partial charge in [-0.3, -0.25) is 4.79 Å². The Morgan fingerprint density at radius 3 is 2.40 bits per heavy atom. The minimum atomic E-state index is 0.188. The van der Waals surface area contributed by atoms with E-state index in [0.29, 0.717) is 19.0 Å². The molecule has 1 aliphatic carbocycles. The van der Waals surface area contributed by atoms with Crippen molar-refractivity contribution < 1.29 is 4.79 Å². The van der Waals surface area contributed by atoms with Gasteiger partial charge in [0.15, 0.2) is 0 Å². The fourth-order valence-electron chi connectivity index (χ4n) is 1.87. The second-order valence-electron chi connectivity index (χ2n) is 4.66. The predicted molar refractivity (Wildman–Crippen MR) is 61.5 cm³/mol. The number of likely N-dealkylation sites (N-methyl/N-ethyl adjacent to an activating group) is 1. The molecule has 0 aromatic rings. The molecular weight excluding hydrogens is 190 g/mol. The second-order valence-corrected chi connectivity index (χ2v) is 4.66. The molecule has 2 N–H and O–H groups in total. The van der Waals surface area contributed by atoms with E-state index in [1.165, 1.54) is 12.8 Å². The number of carbonyl (C=O) groups is 1. The Bertz CT molecular complexity index is 214. The normalized spacial score (nSPS) is 17.9. The highest BCUT2D eigenvalue weighted by Crippen LogP contribution is 2.34. The molecule has 15 heavy (non-hydrogen) atoms. The monoisotopic (exact) mass is 213 g/mol. The van der Waals surface area contributed by atoms with Crippen molar-refractivity contribution in [2.75, 3.05) is 34.2 Å². The Balaban J connectivity index is 2.27. The summed E-state index contributed by atoms with van der Waals surface area (Å²) in [7, 11) is 5.66. The van der Waals surface area contributed by atoms with Gasteiger partial charge in [-0.25, -0.2) is 0 Å². The van der Waals surface area contributed by atoms with Gasteiger partial charge in [-0.15, -0.1) is 0 Å². The van der Waals surface area contributed by atoms with E-state index in [1.54, 1.807) is 19.0 Å². The lowest BCUT2D eigenvalue weighted by Gasteiger charge is -2.27. The molecule has 0 spiro atoms. The summed E-state index contributed by atoms with van der Waals surface area (Å²) in [5.41, 5.74) is 5.74. The van der Waals surface area contributed by atoms with E-state index < -0.39 is 0 Å². The number of hydrogen-bond donors (Lipinski definition) is 1. The summed E-state index contributed by atoms with van der Waals surface area (Å²) in [5.74, 6) is 0.961. The van der Waals surface area contributed by atoms with Crippen LogP contribution in [0.2, 0.25) is 0 Å². The van der Waals surface area contributed by atoms with Gasteiger partial charge in [0.1, 0.15) is 0 Å². The van der Waals surface area contributed by atoms with Gasteiger partial charge < -0.3 is 15.5 Å². The molecule has 4 nitrogen and oxygen atoms in total. The number of amides is 1. The Kier molecular flexibility index (Phi) is 4.54. The zero-order chi connectivity index (χ0) is 11.4. The van der Waals surface area contributed by atoms with Crippen LogP contribution in [0.25, 0.3) is 0 Å². The van der Waals surface area contributed by atoms with Crippen molar-refractivity contribution in [3.05, 3.63) is 0 Å². The minimum Gasteiger partial charge on any atom is -0.349 e. The average molecular weight is 213 g/mol. The molecule has 1 atom stereocenters. The van der Waals surface area contributed by atoms with Gasteiger partial charge in [-0.05, 0) is 25.8 Å². The summed E-state index contributed by atoms with van der Waals surface area (Å²) in [6.45, 7) is 1.52. The minimum absolute atomic E-state index is 0.188. The first kappa shape index (κ1) is 12.5. The van der Waals surface area contributed by atoms with Crippen molar-refractivity contribution in [3.8, 4) is 0 Å². The largest absolute Gasteiger partial charge is 0.349 e. The molecule has 0 saturated heterocycles. The molecule has 0 aliphatic heterocycles. The molecule has 1 saturated carbocycles. The molecule has 0 bridgehead atoms. The zero-order valence-corrected chi connectivity index (χ0v) is 10.1. The van der Waals surface area contributed by atoms with Crippen molar-refractivity contribution in [3.63, 3.8) is 0 Å². The molecule has 88 valence electrons. The fraction of sp³-hybridized carbons (Fsp3) is 0.909. The third-order valence-electron chi connectivity index (χ3n) is 3.15. The summed E-state index contributed by atoms with van der Waals surface area (Å²) in [4.78, 5) is 15.3. The van der Waals surface area contributed by atoms with Crippen LogP contribution in [-0.4, -0.2) is 56.0 Å². The molecular formula is C11H23N3O. The van der Waals surface area contributed by atoms with E-state index in [0.717, 1.165) is 12.5 Å². The molecule has 1 unspecified atom stereocenters. The molecule has 0 radical (unpaired) electrons. The van der Waals surface area contributed by atoms with Gasteiger partial charge in [0.2, 0.25) is 5.91 Å². The Hall–Kier alpha value is -0.610. The molecule has 0 aromatic heterocycles. The van der Waals surface area contributed by atoms with E-state index in [9.17, 15) is 4.79 Å². The van der Waals surface area contributed by atoms with Crippen molar-refractivity contribution in [1.82, 2.24) is 9.80 Å².